The Morgan fingerprint density at radius 2 is 0.955 bits per heavy atom. The van der Waals surface area contributed by atoms with Gasteiger partial charge in [-0.15, -0.1) is 0 Å². The molecule has 0 amide bonds. The lowest BCUT2D eigenvalue weighted by atomic mass is 10.0. The second kappa shape index (κ2) is 35.9. The van der Waals surface area contributed by atoms with Crippen LogP contribution < -0.4 is 0 Å². The van der Waals surface area contributed by atoms with Crippen molar-refractivity contribution < 1.29 is 19.4 Å². The van der Waals surface area contributed by atoms with Crippen molar-refractivity contribution in [3.8, 4) is 0 Å². The van der Waals surface area contributed by atoms with E-state index in [9.17, 15) is 9.59 Å². The van der Waals surface area contributed by atoms with Gasteiger partial charge in [0.05, 0.1) is 0 Å². The molecule has 0 radical (unpaired) electrons. The van der Waals surface area contributed by atoms with Gasteiger partial charge in [-0.3, -0.25) is 9.59 Å². The summed E-state index contributed by atoms with van der Waals surface area (Å²) < 4.78 is 5.85. The molecule has 0 aliphatic rings. The molecule has 0 saturated carbocycles. The third-order valence-corrected chi connectivity index (χ3v) is 8.66. The second-order valence-electron chi connectivity index (χ2n) is 13.1. The quantitative estimate of drug-likeness (QED) is 0.0436. The van der Waals surface area contributed by atoms with Gasteiger partial charge >= 0.3 is 11.9 Å². The number of aliphatic carboxylic acids is 1. The third-order valence-electron chi connectivity index (χ3n) is 8.66. The summed E-state index contributed by atoms with van der Waals surface area (Å²) in [5, 5.41) is 8.81. The first-order chi connectivity index (χ1) is 21.6. The molecule has 0 aliphatic heterocycles. The Kier molecular flexibility index (Phi) is 34.6. The van der Waals surface area contributed by atoms with Gasteiger partial charge in [-0.1, -0.05) is 173 Å². The Bertz CT molecular complexity index is 668. The minimum absolute atomic E-state index is 0.0763. The van der Waals surface area contributed by atoms with E-state index in [2.05, 4.69) is 38.2 Å². The van der Waals surface area contributed by atoms with Crippen LogP contribution >= 0.6 is 0 Å². The number of carboxylic acid groups (broad SMARTS) is 1. The molecule has 1 atom stereocenters. The number of carbonyl (C=O) groups excluding carboxylic acids is 1. The van der Waals surface area contributed by atoms with Crippen LogP contribution in [0.4, 0.5) is 0 Å². The van der Waals surface area contributed by atoms with Gasteiger partial charge in [0.15, 0.2) is 0 Å². The van der Waals surface area contributed by atoms with Gasteiger partial charge < -0.3 is 9.84 Å². The number of rotatable bonds is 35. The summed E-state index contributed by atoms with van der Waals surface area (Å²) in [7, 11) is 0. The monoisotopic (exact) mass is 619 g/mol. The third kappa shape index (κ3) is 34.9. The number of hydrogen-bond acceptors (Lipinski definition) is 3. The van der Waals surface area contributed by atoms with Crippen molar-refractivity contribution >= 4 is 11.9 Å². The van der Waals surface area contributed by atoms with E-state index < -0.39 is 5.97 Å². The van der Waals surface area contributed by atoms with Crippen molar-refractivity contribution in [2.24, 2.45) is 0 Å². The van der Waals surface area contributed by atoms with Crippen LogP contribution in [0.3, 0.4) is 0 Å². The summed E-state index contributed by atoms with van der Waals surface area (Å²) >= 11 is 0. The van der Waals surface area contributed by atoms with Gasteiger partial charge in [0.2, 0.25) is 0 Å². The molecule has 0 fully saturated rings. The molecular weight excluding hydrogens is 544 g/mol. The predicted octanol–water partition coefficient (Wildman–Crippen LogP) is 13.2. The van der Waals surface area contributed by atoms with Crippen LogP contribution in [0.5, 0.6) is 0 Å². The fourth-order valence-electron chi connectivity index (χ4n) is 5.78. The highest BCUT2D eigenvalue weighted by atomic mass is 16.5. The SMILES string of the molecule is CCCCC/C=C\C/C=C\C(CCCCCCC(=O)O)OC(=O)CCCCCCCCCCCCCCCCCCCCC. The van der Waals surface area contributed by atoms with Crippen LogP contribution in [0, 0.1) is 0 Å². The van der Waals surface area contributed by atoms with E-state index in [0.29, 0.717) is 6.42 Å². The summed E-state index contributed by atoms with van der Waals surface area (Å²) in [6.07, 6.45) is 45.0. The van der Waals surface area contributed by atoms with E-state index in [0.717, 1.165) is 57.8 Å². The molecule has 0 aromatic carbocycles. The Morgan fingerprint density at radius 1 is 0.523 bits per heavy atom. The molecule has 0 bridgehead atoms. The number of esters is 1. The van der Waals surface area contributed by atoms with Crippen molar-refractivity contribution in [3.63, 3.8) is 0 Å². The molecule has 0 saturated heterocycles. The molecule has 0 rings (SSSR count). The van der Waals surface area contributed by atoms with E-state index in [-0.39, 0.29) is 18.5 Å². The maximum Gasteiger partial charge on any atom is 0.306 e. The van der Waals surface area contributed by atoms with Crippen LogP contribution in [0.15, 0.2) is 24.3 Å². The molecule has 4 heteroatoms. The minimum atomic E-state index is -0.725. The van der Waals surface area contributed by atoms with E-state index in [1.807, 2.05) is 0 Å². The van der Waals surface area contributed by atoms with Crippen molar-refractivity contribution in [1.82, 2.24) is 0 Å². The zero-order valence-corrected chi connectivity index (χ0v) is 29.5. The molecule has 0 spiro atoms. The van der Waals surface area contributed by atoms with Crippen LogP contribution in [0.2, 0.25) is 0 Å². The first kappa shape index (κ1) is 42.4. The number of carboxylic acids is 1. The van der Waals surface area contributed by atoms with Crippen LogP contribution in [0.25, 0.3) is 0 Å². The largest absolute Gasteiger partial charge is 0.481 e. The number of unbranched alkanes of at least 4 members (excludes halogenated alkanes) is 24. The minimum Gasteiger partial charge on any atom is -0.481 e. The van der Waals surface area contributed by atoms with E-state index in [1.54, 1.807) is 0 Å². The summed E-state index contributed by atoms with van der Waals surface area (Å²) in [6.45, 7) is 4.51. The van der Waals surface area contributed by atoms with Gasteiger partial charge in [0.1, 0.15) is 6.10 Å². The van der Waals surface area contributed by atoms with Crippen molar-refractivity contribution in [3.05, 3.63) is 24.3 Å². The standard InChI is InChI=1S/C40H74O4/c1-3-5-7-9-11-13-14-15-16-17-18-19-20-21-22-23-25-27-33-37-40(43)44-38(35-31-28-29-32-36-39(41)42)34-30-26-24-12-10-8-6-4-2/h12,24,30,34,38H,3-11,13-23,25-29,31-33,35-37H2,1-2H3,(H,41,42)/b24-12-,34-30-. The van der Waals surface area contributed by atoms with Crippen LogP contribution in [0.1, 0.15) is 213 Å². The van der Waals surface area contributed by atoms with E-state index >= 15 is 0 Å². The molecule has 1 unspecified atom stereocenters. The molecule has 1 N–H and O–H groups in total. The fraction of sp³-hybridized carbons (Fsp3) is 0.850. The smallest absolute Gasteiger partial charge is 0.306 e. The van der Waals surface area contributed by atoms with Crippen molar-refractivity contribution in [1.29, 1.82) is 0 Å². The zero-order valence-electron chi connectivity index (χ0n) is 29.5. The van der Waals surface area contributed by atoms with Crippen molar-refractivity contribution in [2.75, 3.05) is 0 Å². The highest BCUT2D eigenvalue weighted by molar-refractivity contribution is 5.69. The summed E-state index contributed by atoms with van der Waals surface area (Å²) in [4.78, 5) is 23.3. The van der Waals surface area contributed by atoms with Gasteiger partial charge in [0, 0.05) is 12.8 Å². The number of allylic oxidation sites excluding steroid dienone is 3. The number of hydrogen-bond donors (Lipinski definition) is 1. The van der Waals surface area contributed by atoms with Crippen LogP contribution in [-0.2, 0) is 14.3 Å². The second-order valence-corrected chi connectivity index (χ2v) is 13.1. The lowest BCUT2D eigenvalue weighted by molar-refractivity contribution is -0.147. The maximum atomic E-state index is 12.5. The average Bonchev–Trinajstić information content (AvgIpc) is 3.01. The van der Waals surface area contributed by atoms with Gasteiger partial charge in [-0.2, -0.15) is 0 Å². The fourth-order valence-corrected chi connectivity index (χ4v) is 5.78. The maximum absolute atomic E-state index is 12.5. The molecule has 0 aliphatic carbocycles. The first-order valence-electron chi connectivity index (χ1n) is 19.3. The predicted molar refractivity (Wildman–Crippen MR) is 190 cm³/mol. The Hall–Kier alpha value is -1.58. The van der Waals surface area contributed by atoms with Gasteiger partial charge in [-0.25, -0.2) is 0 Å². The summed E-state index contributed by atoms with van der Waals surface area (Å²) in [6, 6.07) is 0. The van der Waals surface area contributed by atoms with Crippen LogP contribution in [-0.4, -0.2) is 23.1 Å². The van der Waals surface area contributed by atoms with Crippen molar-refractivity contribution in [2.45, 2.75) is 219 Å². The summed E-state index contributed by atoms with van der Waals surface area (Å²) in [5.74, 6) is -0.801. The lowest BCUT2D eigenvalue weighted by Crippen LogP contribution is -2.16. The molecule has 44 heavy (non-hydrogen) atoms. The highest BCUT2D eigenvalue weighted by Crippen LogP contribution is 2.16. The van der Waals surface area contributed by atoms with Gasteiger partial charge in [-0.05, 0) is 51.0 Å². The molecular formula is C40H74O4. The van der Waals surface area contributed by atoms with E-state index in [1.165, 1.54) is 128 Å². The molecule has 258 valence electrons. The Balaban J connectivity index is 3.88. The lowest BCUT2D eigenvalue weighted by Gasteiger charge is -2.14. The Morgan fingerprint density at radius 3 is 1.45 bits per heavy atom. The normalized spacial score (nSPS) is 12.4. The molecule has 0 aromatic rings. The Labute approximate surface area is 274 Å². The number of ether oxygens (including phenoxy) is 1. The zero-order chi connectivity index (χ0) is 32.2. The topological polar surface area (TPSA) is 63.6 Å². The van der Waals surface area contributed by atoms with Gasteiger partial charge in [0.25, 0.3) is 0 Å². The molecule has 4 nitrogen and oxygen atoms in total. The van der Waals surface area contributed by atoms with E-state index in [4.69, 9.17) is 9.84 Å². The molecule has 0 heterocycles. The molecule has 0 aromatic heterocycles. The number of carbonyl (C=O) groups is 2. The summed E-state index contributed by atoms with van der Waals surface area (Å²) in [5.41, 5.74) is 0. The first-order valence-corrected chi connectivity index (χ1v) is 19.3. The highest BCUT2D eigenvalue weighted by Gasteiger charge is 2.11. The average molecular weight is 619 g/mol.